The summed E-state index contributed by atoms with van der Waals surface area (Å²) in [6.45, 7) is 6.32. The second-order valence-corrected chi connectivity index (χ2v) is 6.94. The van der Waals surface area contributed by atoms with Crippen molar-refractivity contribution in [3.8, 4) is 0 Å². The topological polar surface area (TPSA) is 79.3 Å². The quantitative estimate of drug-likeness (QED) is 0.381. The molecule has 20 heavy (non-hydrogen) atoms. The van der Waals surface area contributed by atoms with Gasteiger partial charge in [-0.25, -0.2) is 0 Å². The molecule has 0 aromatic rings. The zero-order valence-corrected chi connectivity index (χ0v) is 11.5. The van der Waals surface area contributed by atoms with E-state index >= 15 is 0 Å². The first kappa shape index (κ1) is 12.8. The zero-order valence-electron chi connectivity index (χ0n) is 11.5. The van der Waals surface area contributed by atoms with E-state index in [-0.39, 0.29) is 29.8 Å². The molecule has 1 spiro atoms. The van der Waals surface area contributed by atoms with Gasteiger partial charge in [-0.05, 0) is 18.4 Å². The summed E-state index contributed by atoms with van der Waals surface area (Å²) in [5.74, 6) is -0.583. The Morgan fingerprint density at radius 1 is 1.40 bits per heavy atom. The van der Waals surface area contributed by atoms with Gasteiger partial charge in [0.1, 0.15) is 11.7 Å². The molecule has 2 aliphatic carbocycles. The van der Waals surface area contributed by atoms with Gasteiger partial charge >= 0.3 is 5.97 Å². The van der Waals surface area contributed by atoms with Crippen LogP contribution < -0.4 is 0 Å². The Kier molecular flexibility index (Phi) is 2.33. The fourth-order valence-corrected chi connectivity index (χ4v) is 4.59. The molecular formula is C15H20O5. The first-order valence-electron chi connectivity index (χ1n) is 7.31. The highest BCUT2D eigenvalue weighted by molar-refractivity contribution is 5.75. The highest BCUT2D eigenvalue weighted by Gasteiger charge is 2.68. The van der Waals surface area contributed by atoms with Gasteiger partial charge in [0.15, 0.2) is 0 Å². The van der Waals surface area contributed by atoms with Crippen LogP contribution >= 0.6 is 0 Å². The Bertz CT molecular complexity index is 496. The number of ether oxygens (including phenoxy) is 2. The van der Waals surface area contributed by atoms with E-state index in [0.29, 0.717) is 31.4 Å². The van der Waals surface area contributed by atoms with Crippen LogP contribution in [-0.4, -0.2) is 46.2 Å². The highest BCUT2D eigenvalue weighted by atomic mass is 16.6. The molecular weight excluding hydrogens is 260 g/mol. The number of esters is 1. The molecule has 2 heterocycles. The second kappa shape index (κ2) is 3.64. The van der Waals surface area contributed by atoms with Crippen LogP contribution in [0.15, 0.2) is 12.2 Å². The third kappa shape index (κ3) is 1.41. The maximum Gasteiger partial charge on any atom is 0.309 e. The van der Waals surface area contributed by atoms with Crippen LogP contribution in [0.5, 0.6) is 0 Å². The molecule has 4 rings (SSSR count). The van der Waals surface area contributed by atoms with E-state index in [2.05, 4.69) is 6.58 Å². The van der Waals surface area contributed by atoms with Crippen molar-refractivity contribution in [2.24, 2.45) is 17.8 Å². The molecule has 2 saturated carbocycles. The average molecular weight is 280 g/mol. The van der Waals surface area contributed by atoms with E-state index in [9.17, 15) is 15.0 Å². The summed E-state index contributed by atoms with van der Waals surface area (Å²) in [5, 5.41) is 21.2. The number of carbonyl (C=O) groups is 1. The second-order valence-electron chi connectivity index (χ2n) is 6.94. The van der Waals surface area contributed by atoms with Crippen molar-refractivity contribution in [2.45, 2.75) is 49.6 Å². The normalized spacial score (nSPS) is 57.2. The lowest BCUT2D eigenvalue weighted by atomic mass is 9.76. The smallest absolute Gasteiger partial charge is 0.309 e. The van der Waals surface area contributed by atoms with E-state index < -0.39 is 17.3 Å². The number of fused-ring (bicyclic) bond motifs is 3. The van der Waals surface area contributed by atoms with Gasteiger partial charge in [0.05, 0.1) is 24.2 Å². The molecule has 2 saturated heterocycles. The number of hydrogen-bond donors (Lipinski definition) is 2. The van der Waals surface area contributed by atoms with Crippen molar-refractivity contribution in [1.29, 1.82) is 0 Å². The van der Waals surface area contributed by atoms with Crippen molar-refractivity contribution >= 4 is 5.97 Å². The number of carbonyl (C=O) groups excluding carboxylic acids is 1. The van der Waals surface area contributed by atoms with Gasteiger partial charge in [0.2, 0.25) is 0 Å². The molecule has 4 aliphatic rings. The standard InChI is InChI=1S/C15H20O5/c1-7-9-4-15(18)8(2)10(16)3-12(15)14(6-19-14)5-11(9)20-13(7)17/h7,9-12,16,18H,2-6H2,1H3/t7-,9-,10+,11+,12+,14+,15-/m1/s1. The summed E-state index contributed by atoms with van der Waals surface area (Å²) in [7, 11) is 0. The molecule has 5 nitrogen and oxygen atoms in total. The number of hydrogen-bond acceptors (Lipinski definition) is 5. The van der Waals surface area contributed by atoms with Crippen LogP contribution in [-0.2, 0) is 14.3 Å². The fourth-order valence-electron chi connectivity index (χ4n) is 4.59. The molecule has 7 atom stereocenters. The van der Waals surface area contributed by atoms with E-state index in [1.807, 2.05) is 6.92 Å². The Balaban J connectivity index is 1.77. The monoisotopic (exact) mass is 280 g/mol. The first-order valence-corrected chi connectivity index (χ1v) is 7.31. The van der Waals surface area contributed by atoms with Crippen molar-refractivity contribution < 1.29 is 24.5 Å². The summed E-state index contributed by atoms with van der Waals surface area (Å²) >= 11 is 0. The molecule has 5 heteroatoms. The molecule has 0 unspecified atom stereocenters. The van der Waals surface area contributed by atoms with Crippen molar-refractivity contribution in [3.63, 3.8) is 0 Å². The van der Waals surface area contributed by atoms with E-state index in [1.165, 1.54) is 0 Å². The molecule has 0 aromatic carbocycles. The van der Waals surface area contributed by atoms with Gasteiger partial charge < -0.3 is 19.7 Å². The lowest BCUT2D eigenvalue weighted by Crippen LogP contribution is -2.43. The van der Waals surface area contributed by atoms with Gasteiger partial charge in [-0.2, -0.15) is 0 Å². The van der Waals surface area contributed by atoms with Crippen molar-refractivity contribution in [3.05, 3.63) is 12.2 Å². The predicted molar refractivity (Wildman–Crippen MR) is 68.7 cm³/mol. The Morgan fingerprint density at radius 2 is 2.10 bits per heavy atom. The van der Waals surface area contributed by atoms with Crippen LogP contribution in [0, 0.1) is 17.8 Å². The van der Waals surface area contributed by atoms with Gasteiger partial charge in [-0.15, -0.1) is 0 Å². The number of epoxide rings is 1. The van der Waals surface area contributed by atoms with E-state index in [4.69, 9.17) is 9.47 Å². The third-order valence-corrected chi connectivity index (χ3v) is 6.00. The lowest BCUT2D eigenvalue weighted by molar-refractivity contribution is -0.144. The van der Waals surface area contributed by atoms with Crippen LogP contribution in [0.3, 0.4) is 0 Å². The van der Waals surface area contributed by atoms with E-state index in [1.54, 1.807) is 0 Å². The number of aliphatic hydroxyl groups excluding tert-OH is 1. The largest absolute Gasteiger partial charge is 0.462 e. The predicted octanol–water partition coefficient (Wildman–Crippen LogP) is 0.395. The fraction of sp³-hybridized carbons (Fsp3) is 0.800. The molecule has 0 amide bonds. The average Bonchev–Trinajstić information content (AvgIpc) is 3.09. The zero-order chi connectivity index (χ0) is 14.3. The Labute approximate surface area is 117 Å². The van der Waals surface area contributed by atoms with Gasteiger partial charge in [0.25, 0.3) is 0 Å². The summed E-state index contributed by atoms with van der Waals surface area (Å²) in [6, 6.07) is 0. The van der Waals surface area contributed by atoms with Crippen LogP contribution in [0.2, 0.25) is 0 Å². The van der Waals surface area contributed by atoms with Crippen LogP contribution in [0.1, 0.15) is 26.2 Å². The van der Waals surface area contributed by atoms with E-state index in [0.717, 1.165) is 0 Å². The number of rotatable bonds is 0. The molecule has 0 radical (unpaired) electrons. The summed E-state index contributed by atoms with van der Waals surface area (Å²) < 4.78 is 11.2. The molecule has 0 bridgehead atoms. The lowest BCUT2D eigenvalue weighted by Gasteiger charge is -2.33. The minimum absolute atomic E-state index is 0.0272. The Morgan fingerprint density at radius 3 is 2.75 bits per heavy atom. The Hall–Kier alpha value is -0.910. The molecule has 0 aromatic heterocycles. The summed E-state index contributed by atoms with van der Waals surface area (Å²) in [4.78, 5) is 11.8. The van der Waals surface area contributed by atoms with Gasteiger partial charge in [0, 0.05) is 18.3 Å². The third-order valence-electron chi connectivity index (χ3n) is 6.00. The molecule has 4 fully saturated rings. The summed E-state index contributed by atoms with van der Waals surface area (Å²) in [6.07, 6.45) is 0.671. The molecule has 2 aliphatic heterocycles. The number of aliphatic hydroxyl groups is 2. The highest BCUT2D eigenvalue weighted by Crippen LogP contribution is 2.60. The minimum atomic E-state index is -1.14. The van der Waals surface area contributed by atoms with Crippen LogP contribution in [0.25, 0.3) is 0 Å². The summed E-state index contributed by atoms with van der Waals surface area (Å²) in [5.41, 5.74) is -1.11. The SMILES string of the molecule is C=C1[C@@H](O)C[C@H]2[C@@]3(CO3)C[C@@H]3OC(=O)[C@H](C)[C@H]3C[C@@]12O. The van der Waals surface area contributed by atoms with Crippen molar-refractivity contribution in [1.82, 2.24) is 0 Å². The maximum atomic E-state index is 11.8. The van der Waals surface area contributed by atoms with Gasteiger partial charge in [-0.1, -0.05) is 13.5 Å². The minimum Gasteiger partial charge on any atom is -0.462 e. The van der Waals surface area contributed by atoms with Crippen molar-refractivity contribution in [2.75, 3.05) is 6.61 Å². The molecule has 110 valence electrons. The maximum absolute atomic E-state index is 11.8. The first-order chi connectivity index (χ1) is 9.37. The van der Waals surface area contributed by atoms with Crippen LogP contribution in [0.4, 0.5) is 0 Å². The van der Waals surface area contributed by atoms with Gasteiger partial charge in [-0.3, -0.25) is 4.79 Å². The molecule has 2 N–H and O–H groups in total.